The number of piperidine rings is 1. The Bertz CT molecular complexity index is 1050. The number of aryl methyl sites for hydroxylation is 2. The second kappa shape index (κ2) is 8.29. The van der Waals surface area contributed by atoms with Crippen LogP contribution in [0.2, 0.25) is 0 Å². The first kappa shape index (κ1) is 20.1. The maximum absolute atomic E-state index is 12.2. The van der Waals surface area contributed by atoms with Crippen LogP contribution in [-0.2, 0) is 13.6 Å². The third-order valence-corrected chi connectivity index (χ3v) is 5.68. The third-order valence-electron chi connectivity index (χ3n) is 5.68. The van der Waals surface area contributed by atoms with E-state index < -0.39 is 0 Å². The van der Waals surface area contributed by atoms with Crippen molar-refractivity contribution in [2.24, 2.45) is 7.05 Å². The molecular formula is C20H29N9O. The lowest BCUT2D eigenvalue weighted by Crippen LogP contribution is -2.49. The fourth-order valence-electron chi connectivity index (χ4n) is 4.07. The van der Waals surface area contributed by atoms with Crippen LogP contribution in [0.1, 0.15) is 32.4 Å². The molecule has 2 amide bonds. The van der Waals surface area contributed by atoms with Crippen molar-refractivity contribution in [2.45, 2.75) is 46.2 Å². The van der Waals surface area contributed by atoms with E-state index in [0.717, 1.165) is 54.2 Å². The summed E-state index contributed by atoms with van der Waals surface area (Å²) in [5, 5.41) is 10.8. The molecule has 0 saturated carbocycles. The number of hydrogen-bond acceptors (Lipinski definition) is 6. The van der Waals surface area contributed by atoms with Crippen LogP contribution in [0.5, 0.6) is 0 Å². The van der Waals surface area contributed by atoms with Crippen LogP contribution in [0.15, 0.2) is 12.5 Å². The number of aromatic nitrogens is 6. The van der Waals surface area contributed by atoms with E-state index in [1.165, 1.54) is 0 Å². The highest BCUT2D eigenvalue weighted by molar-refractivity contribution is 5.86. The molecule has 1 saturated heterocycles. The smallest absolute Gasteiger partial charge is 0.317 e. The SMILES string of the molecule is CCNC(=O)N1CCCC(Nc2ncnc3c2nc(-c2cnn(CC)c2C)n3C)C1. The van der Waals surface area contributed by atoms with Crippen LogP contribution in [0.3, 0.4) is 0 Å². The molecule has 30 heavy (non-hydrogen) atoms. The number of carbonyl (C=O) groups excluding carboxylic acids is 1. The van der Waals surface area contributed by atoms with E-state index in [1.54, 1.807) is 6.33 Å². The lowest BCUT2D eigenvalue weighted by molar-refractivity contribution is 0.183. The topological polar surface area (TPSA) is 106 Å². The van der Waals surface area contributed by atoms with E-state index in [2.05, 4.69) is 32.6 Å². The van der Waals surface area contributed by atoms with Gasteiger partial charge < -0.3 is 20.1 Å². The Labute approximate surface area is 175 Å². The maximum Gasteiger partial charge on any atom is 0.317 e. The van der Waals surface area contributed by atoms with Gasteiger partial charge in [0.15, 0.2) is 17.0 Å². The van der Waals surface area contributed by atoms with Crippen LogP contribution in [0, 0.1) is 6.92 Å². The van der Waals surface area contributed by atoms with Gasteiger partial charge in [-0.2, -0.15) is 5.10 Å². The van der Waals surface area contributed by atoms with Gasteiger partial charge in [0, 0.05) is 45.0 Å². The Morgan fingerprint density at radius 3 is 2.87 bits per heavy atom. The van der Waals surface area contributed by atoms with Gasteiger partial charge in [0.05, 0.1) is 11.8 Å². The minimum absolute atomic E-state index is 0.0135. The molecule has 0 bridgehead atoms. The zero-order valence-corrected chi connectivity index (χ0v) is 18.0. The molecule has 0 aliphatic carbocycles. The molecule has 160 valence electrons. The van der Waals surface area contributed by atoms with Gasteiger partial charge in [-0.25, -0.2) is 19.7 Å². The van der Waals surface area contributed by atoms with Crippen molar-refractivity contribution < 1.29 is 4.79 Å². The largest absolute Gasteiger partial charge is 0.364 e. The summed E-state index contributed by atoms with van der Waals surface area (Å²) in [7, 11) is 1.96. The van der Waals surface area contributed by atoms with Crippen molar-refractivity contribution in [1.82, 2.24) is 39.5 Å². The monoisotopic (exact) mass is 411 g/mol. The summed E-state index contributed by atoms with van der Waals surface area (Å²) in [6, 6.07) is 0.106. The van der Waals surface area contributed by atoms with E-state index in [0.29, 0.717) is 18.9 Å². The first-order chi connectivity index (χ1) is 14.5. The highest BCUT2D eigenvalue weighted by Crippen LogP contribution is 2.28. The van der Waals surface area contributed by atoms with Crippen LogP contribution < -0.4 is 10.6 Å². The summed E-state index contributed by atoms with van der Waals surface area (Å²) in [5.74, 6) is 1.52. The van der Waals surface area contributed by atoms with Crippen LogP contribution in [0.4, 0.5) is 10.6 Å². The molecule has 0 aromatic carbocycles. The second-order valence-corrected chi connectivity index (χ2v) is 7.61. The number of rotatable bonds is 5. The predicted octanol–water partition coefficient (Wildman–Crippen LogP) is 2.16. The quantitative estimate of drug-likeness (QED) is 0.666. The molecular weight excluding hydrogens is 382 g/mol. The number of imidazole rings is 1. The Morgan fingerprint density at radius 2 is 2.13 bits per heavy atom. The lowest BCUT2D eigenvalue weighted by atomic mass is 10.1. The molecule has 1 fully saturated rings. The predicted molar refractivity (Wildman–Crippen MR) is 115 cm³/mol. The molecule has 1 unspecified atom stereocenters. The number of urea groups is 1. The van der Waals surface area contributed by atoms with Crippen LogP contribution >= 0.6 is 0 Å². The molecule has 4 rings (SSSR count). The fraction of sp³-hybridized carbons (Fsp3) is 0.550. The van der Waals surface area contributed by atoms with E-state index in [4.69, 9.17) is 4.98 Å². The Morgan fingerprint density at radius 1 is 1.30 bits per heavy atom. The molecule has 0 radical (unpaired) electrons. The number of carbonyl (C=O) groups is 1. The van der Waals surface area contributed by atoms with Crippen molar-refractivity contribution >= 4 is 23.0 Å². The average molecular weight is 412 g/mol. The Kier molecular flexibility index (Phi) is 5.56. The van der Waals surface area contributed by atoms with Gasteiger partial charge >= 0.3 is 6.03 Å². The number of anilines is 1. The standard InChI is InChI=1S/C20H29N9O/c1-5-21-20(30)28-9-7-8-14(11-28)25-17-16-19(23-12-22-17)27(4)18(26-16)15-10-24-29(6-2)13(15)3/h10,12,14H,5-9,11H2,1-4H3,(H,21,30)(H,22,23,25). The first-order valence-electron chi connectivity index (χ1n) is 10.5. The average Bonchev–Trinajstić information content (AvgIpc) is 3.28. The van der Waals surface area contributed by atoms with Crippen molar-refractivity contribution in [3.63, 3.8) is 0 Å². The normalized spacial score (nSPS) is 16.8. The summed E-state index contributed by atoms with van der Waals surface area (Å²) in [6.45, 7) is 8.90. The number of hydrogen-bond donors (Lipinski definition) is 2. The van der Waals surface area contributed by atoms with Crippen molar-refractivity contribution in [1.29, 1.82) is 0 Å². The summed E-state index contributed by atoms with van der Waals surface area (Å²) in [6.07, 6.45) is 5.34. The first-order valence-corrected chi connectivity index (χ1v) is 10.5. The van der Waals surface area contributed by atoms with Gasteiger partial charge in [-0.15, -0.1) is 0 Å². The zero-order chi connectivity index (χ0) is 21.3. The molecule has 10 nitrogen and oxygen atoms in total. The van der Waals surface area contributed by atoms with Gasteiger partial charge in [0.25, 0.3) is 0 Å². The van der Waals surface area contributed by atoms with Crippen molar-refractivity contribution in [3.8, 4) is 11.4 Å². The Balaban J connectivity index is 1.62. The maximum atomic E-state index is 12.2. The number of amides is 2. The molecule has 4 heterocycles. The molecule has 0 spiro atoms. The number of nitrogens with one attached hydrogen (secondary N) is 2. The molecule has 3 aromatic rings. The molecule has 1 aliphatic rings. The molecule has 3 aromatic heterocycles. The minimum Gasteiger partial charge on any atom is -0.364 e. The summed E-state index contributed by atoms with van der Waals surface area (Å²) in [4.78, 5) is 27.8. The van der Waals surface area contributed by atoms with Gasteiger partial charge in [0.2, 0.25) is 0 Å². The van der Waals surface area contributed by atoms with E-state index in [1.807, 2.05) is 41.2 Å². The second-order valence-electron chi connectivity index (χ2n) is 7.61. The van der Waals surface area contributed by atoms with Crippen LogP contribution in [-0.4, -0.2) is 65.9 Å². The summed E-state index contributed by atoms with van der Waals surface area (Å²) in [5.41, 5.74) is 3.56. The van der Waals surface area contributed by atoms with E-state index in [9.17, 15) is 4.79 Å². The Hall–Kier alpha value is -3.17. The highest BCUT2D eigenvalue weighted by Gasteiger charge is 2.25. The van der Waals surface area contributed by atoms with Gasteiger partial charge in [0.1, 0.15) is 12.2 Å². The van der Waals surface area contributed by atoms with Crippen molar-refractivity contribution in [2.75, 3.05) is 25.0 Å². The molecule has 2 N–H and O–H groups in total. The van der Waals surface area contributed by atoms with E-state index >= 15 is 0 Å². The number of fused-ring (bicyclic) bond motifs is 1. The highest BCUT2D eigenvalue weighted by atomic mass is 16.2. The minimum atomic E-state index is -0.0135. The molecule has 10 heteroatoms. The summed E-state index contributed by atoms with van der Waals surface area (Å²) < 4.78 is 3.94. The van der Waals surface area contributed by atoms with Crippen LogP contribution in [0.25, 0.3) is 22.6 Å². The molecule has 1 aliphatic heterocycles. The van der Waals surface area contributed by atoms with Gasteiger partial charge in [-0.3, -0.25) is 4.68 Å². The van der Waals surface area contributed by atoms with E-state index in [-0.39, 0.29) is 12.1 Å². The summed E-state index contributed by atoms with van der Waals surface area (Å²) >= 11 is 0. The fourth-order valence-corrected chi connectivity index (χ4v) is 4.07. The molecule has 1 atom stereocenters. The third kappa shape index (κ3) is 3.57. The van der Waals surface area contributed by atoms with Gasteiger partial charge in [-0.1, -0.05) is 0 Å². The lowest BCUT2D eigenvalue weighted by Gasteiger charge is -2.33. The number of likely N-dealkylation sites (tertiary alicyclic amines) is 1. The zero-order valence-electron chi connectivity index (χ0n) is 18.0. The van der Waals surface area contributed by atoms with Gasteiger partial charge in [-0.05, 0) is 33.6 Å². The van der Waals surface area contributed by atoms with Crippen molar-refractivity contribution in [3.05, 3.63) is 18.2 Å². The number of nitrogens with zero attached hydrogens (tertiary/aromatic N) is 7.